The maximum atomic E-state index is 5.74. The average molecular weight is 237 g/mol. The van der Waals surface area contributed by atoms with E-state index in [1.807, 2.05) is 6.07 Å². The van der Waals surface area contributed by atoms with Crippen LogP contribution in [0.1, 0.15) is 30.9 Å². The topological polar surface area (TPSA) is 53.7 Å². The summed E-state index contributed by atoms with van der Waals surface area (Å²) in [4.78, 5) is 4.65. The van der Waals surface area contributed by atoms with E-state index in [0.29, 0.717) is 25.7 Å². The second-order valence-electron chi connectivity index (χ2n) is 4.44. The minimum Gasteiger partial charge on any atom is -0.486 e. The lowest BCUT2D eigenvalue weighted by Gasteiger charge is -2.24. The summed E-state index contributed by atoms with van der Waals surface area (Å²) in [5.41, 5.74) is 2.42. The third kappa shape index (κ3) is 2.53. The molecular formula is C13H19NO3. The van der Waals surface area contributed by atoms with Gasteiger partial charge in [-0.05, 0) is 24.0 Å². The SMILES string of the molecule is CC(C)c1c(CCON)ccc2c1OCCO2. The molecule has 0 unspecified atom stereocenters. The lowest BCUT2D eigenvalue weighted by atomic mass is 9.93. The molecule has 1 aromatic carbocycles. The van der Waals surface area contributed by atoms with Crippen LogP contribution in [0.2, 0.25) is 0 Å². The quantitative estimate of drug-likeness (QED) is 0.814. The van der Waals surface area contributed by atoms with Crippen molar-refractivity contribution in [2.45, 2.75) is 26.2 Å². The van der Waals surface area contributed by atoms with Crippen LogP contribution in [-0.4, -0.2) is 19.8 Å². The fraction of sp³-hybridized carbons (Fsp3) is 0.538. The predicted octanol–water partition coefficient (Wildman–Crippen LogP) is 2.01. The van der Waals surface area contributed by atoms with Gasteiger partial charge in [0, 0.05) is 5.56 Å². The van der Waals surface area contributed by atoms with Gasteiger partial charge >= 0.3 is 0 Å². The third-order valence-electron chi connectivity index (χ3n) is 2.90. The normalized spacial score (nSPS) is 14.1. The molecule has 0 spiro atoms. The highest BCUT2D eigenvalue weighted by atomic mass is 16.6. The van der Waals surface area contributed by atoms with Gasteiger partial charge in [0.1, 0.15) is 13.2 Å². The summed E-state index contributed by atoms with van der Waals surface area (Å²) in [6, 6.07) is 4.04. The fourth-order valence-corrected chi connectivity index (χ4v) is 2.20. The Labute approximate surface area is 102 Å². The van der Waals surface area contributed by atoms with Crippen molar-refractivity contribution in [2.24, 2.45) is 5.90 Å². The van der Waals surface area contributed by atoms with E-state index in [4.69, 9.17) is 15.4 Å². The molecular weight excluding hydrogens is 218 g/mol. The molecule has 0 saturated carbocycles. The first-order valence-corrected chi connectivity index (χ1v) is 5.97. The van der Waals surface area contributed by atoms with E-state index in [9.17, 15) is 0 Å². The molecule has 17 heavy (non-hydrogen) atoms. The first-order chi connectivity index (χ1) is 8.24. The molecule has 1 aliphatic rings. The van der Waals surface area contributed by atoms with Crippen LogP contribution >= 0.6 is 0 Å². The van der Waals surface area contributed by atoms with Crippen LogP contribution in [0, 0.1) is 0 Å². The van der Waals surface area contributed by atoms with Crippen LogP contribution in [0.3, 0.4) is 0 Å². The number of hydrogen-bond donors (Lipinski definition) is 1. The van der Waals surface area contributed by atoms with Gasteiger partial charge in [-0.25, -0.2) is 5.90 Å². The summed E-state index contributed by atoms with van der Waals surface area (Å²) in [7, 11) is 0. The lowest BCUT2D eigenvalue weighted by Crippen LogP contribution is -2.18. The Bertz CT molecular complexity index is 390. The van der Waals surface area contributed by atoms with Crippen LogP contribution in [0.25, 0.3) is 0 Å². The van der Waals surface area contributed by atoms with Crippen LogP contribution in [0.5, 0.6) is 11.5 Å². The van der Waals surface area contributed by atoms with Crippen molar-refractivity contribution in [3.05, 3.63) is 23.3 Å². The van der Waals surface area contributed by atoms with E-state index in [1.165, 1.54) is 11.1 Å². The Kier molecular flexibility index (Phi) is 3.86. The van der Waals surface area contributed by atoms with Gasteiger partial charge in [-0.15, -0.1) is 0 Å². The Morgan fingerprint density at radius 3 is 2.76 bits per heavy atom. The molecule has 0 bridgehead atoms. The van der Waals surface area contributed by atoms with Gasteiger partial charge in [0.15, 0.2) is 11.5 Å². The Balaban J connectivity index is 2.38. The minimum atomic E-state index is 0.388. The molecule has 2 N–H and O–H groups in total. The molecule has 1 heterocycles. The molecule has 2 rings (SSSR count). The van der Waals surface area contributed by atoms with Crippen molar-refractivity contribution in [3.8, 4) is 11.5 Å². The van der Waals surface area contributed by atoms with Gasteiger partial charge in [0.25, 0.3) is 0 Å². The van der Waals surface area contributed by atoms with Gasteiger partial charge in [-0.3, -0.25) is 0 Å². The van der Waals surface area contributed by atoms with E-state index < -0.39 is 0 Å². The lowest BCUT2D eigenvalue weighted by molar-refractivity contribution is 0.140. The maximum Gasteiger partial charge on any atom is 0.165 e. The van der Waals surface area contributed by atoms with E-state index >= 15 is 0 Å². The number of nitrogens with two attached hydrogens (primary N) is 1. The van der Waals surface area contributed by atoms with Crippen molar-refractivity contribution in [3.63, 3.8) is 0 Å². The molecule has 0 atom stereocenters. The highest BCUT2D eigenvalue weighted by Gasteiger charge is 2.20. The second kappa shape index (κ2) is 5.38. The van der Waals surface area contributed by atoms with Crippen molar-refractivity contribution in [1.29, 1.82) is 0 Å². The summed E-state index contributed by atoms with van der Waals surface area (Å²) in [6.45, 7) is 6.06. The van der Waals surface area contributed by atoms with Crippen LogP contribution < -0.4 is 15.4 Å². The van der Waals surface area contributed by atoms with Gasteiger partial charge in [-0.1, -0.05) is 19.9 Å². The average Bonchev–Trinajstić information content (AvgIpc) is 2.35. The monoisotopic (exact) mass is 237 g/mol. The third-order valence-corrected chi connectivity index (χ3v) is 2.90. The number of hydrogen-bond acceptors (Lipinski definition) is 4. The molecule has 0 amide bonds. The fourth-order valence-electron chi connectivity index (χ4n) is 2.20. The smallest absolute Gasteiger partial charge is 0.165 e. The highest BCUT2D eigenvalue weighted by molar-refractivity contribution is 5.53. The van der Waals surface area contributed by atoms with Crippen LogP contribution in [-0.2, 0) is 11.3 Å². The summed E-state index contributed by atoms with van der Waals surface area (Å²) in [5, 5.41) is 0. The summed E-state index contributed by atoms with van der Waals surface area (Å²) < 4.78 is 11.3. The number of rotatable bonds is 4. The van der Waals surface area contributed by atoms with Gasteiger partial charge in [0.05, 0.1) is 6.61 Å². The second-order valence-corrected chi connectivity index (χ2v) is 4.44. The molecule has 0 aromatic heterocycles. The van der Waals surface area contributed by atoms with E-state index in [-0.39, 0.29) is 0 Å². The van der Waals surface area contributed by atoms with Crippen molar-refractivity contribution in [2.75, 3.05) is 19.8 Å². The van der Waals surface area contributed by atoms with Crippen molar-refractivity contribution < 1.29 is 14.3 Å². The van der Waals surface area contributed by atoms with Gasteiger partial charge < -0.3 is 14.3 Å². The Morgan fingerprint density at radius 1 is 1.29 bits per heavy atom. The first kappa shape index (κ1) is 12.2. The molecule has 0 fully saturated rings. The molecule has 1 aliphatic heterocycles. The number of benzene rings is 1. The first-order valence-electron chi connectivity index (χ1n) is 5.97. The predicted molar refractivity (Wildman–Crippen MR) is 65.4 cm³/mol. The van der Waals surface area contributed by atoms with Gasteiger partial charge in [0.2, 0.25) is 0 Å². The van der Waals surface area contributed by atoms with Crippen molar-refractivity contribution in [1.82, 2.24) is 0 Å². The van der Waals surface area contributed by atoms with E-state index in [2.05, 4.69) is 24.8 Å². The summed E-state index contributed by atoms with van der Waals surface area (Å²) >= 11 is 0. The standard InChI is InChI=1S/C13H19NO3/c1-9(2)12-10(5-6-17-14)3-4-11-13(12)16-8-7-15-11/h3-4,9H,5-8,14H2,1-2H3. The maximum absolute atomic E-state index is 5.74. The molecule has 0 aliphatic carbocycles. The number of ether oxygens (including phenoxy) is 2. The summed E-state index contributed by atoms with van der Waals surface area (Å²) in [5.74, 6) is 7.21. The summed E-state index contributed by atoms with van der Waals surface area (Å²) in [6.07, 6.45) is 0.792. The molecule has 0 saturated heterocycles. The van der Waals surface area contributed by atoms with E-state index in [1.54, 1.807) is 0 Å². The van der Waals surface area contributed by atoms with Gasteiger partial charge in [-0.2, -0.15) is 0 Å². The van der Waals surface area contributed by atoms with Crippen molar-refractivity contribution >= 4 is 0 Å². The zero-order valence-corrected chi connectivity index (χ0v) is 10.4. The molecule has 0 radical (unpaired) electrons. The Hall–Kier alpha value is -1.26. The zero-order chi connectivity index (χ0) is 12.3. The largest absolute Gasteiger partial charge is 0.486 e. The highest BCUT2D eigenvalue weighted by Crippen LogP contribution is 2.40. The van der Waals surface area contributed by atoms with Crippen LogP contribution in [0.15, 0.2) is 12.1 Å². The molecule has 4 heteroatoms. The molecule has 1 aromatic rings. The Morgan fingerprint density at radius 2 is 2.06 bits per heavy atom. The van der Waals surface area contributed by atoms with Crippen LogP contribution in [0.4, 0.5) is 0 Å². The molecule has 94 valence electrons. The number of fused-ring (bicyclic) bond motifs is 1. The zero-order valence-electron chi connectivity index (χ0n) is 10.4. The molecule has 4 nitrogen and oxygen atoms in total. The minimum absolute atomic E-state index is 0.388. The van der Waals surface area contributed by atoms with E-state index in [0.717, 1.165) is 17.9 Å².